The molecule has 1 aromatic carbocycles. The molecular formula is C17H27NO3S. The molecule has 1 aliphatic rings. The molecule has 22 heavy (non-hydrogen) atoms. The Balaban J connectivity index is 2.23. The molecule has 0 unspecified atom stereocenters. The molecule has 5 heteroatoms. The summed E-state index contributed by atoms with van der Waals surface area (Å²) in [5.74, 6) is 1.21. The first-order chi connectivity index (χ1) is 10.4. The average molecular weight is 325 g/mol. The fourth-order valence-corrected chi connectivity index (χ4v) is 4.98. The molecule has 0 saturated heterocycles. The zero-order valence-corrected chi connectivity index (χ0v) is 14.8. The summed E-state index contributed by atoms with van der Waals surface area (Å²) >= 11 is 0. The minimum Gasteiger partial charge on any atom is -0.496 e. The average Bonchev–Trinajstić information content (AvgIpc) is 2.50. The van der Waals surface area contributed by atoms with E-state index in [0.717, 1.165) is 35.3 Å². The van der Waals surface area contributed by atoms with Crippen molar-refractivity contribution in [2.75, 3.05) is 13.7 Å². The summed E-state index contributed by atoms with van der Waals surface area (Å²) in [4.78, 5) is 0.404. The van der Waals surface area contributed by atoms with Crippen LogP contribution in [-0.2, 0) is 10.0 Å². The smallest absolute Gasteiger partial charge is 0.241 e. The van der Waals surface area contributed by atoms with Crippen molar-refractivity contribution in [1.82, 2.24) is 4.72 Å². The van der Waals surface area contributed by atoms with Crippen LogP contribution in [0.1, 0.15) is 48.8 Å². The van der Waals surface area contributed by atoms with Gasteiger partial charge in [-0.1, -0.05) is 19.3 Å². The van der Waals surface area contributed by atoms with Crippen LogP contribution < -0.4 is 9.46 Å². The van der Waals surface area contributed by atoms with Crippen molar-refractivity contribution >= 4 is 10.0 Å². The summed E-state index contributed by atoms with van der Waals surface area (Å²) < 4.78 is 33.6. The van der Waals surface area contributed by atoms with Gasteiger partial charge >= 0.3 is 0 Å². The van der Waals surface area contributed by atoms with E-state index in [0.29, 0.717) is 17.4 Å². The van der Waals surface area contributed by atoms with Crippen molar-refractivity contribution < 1.29 is 13.2 Å². The van der Waals surface area contributed by atoms with Crippen LogP contribution in [0.15, 0.2) is 11.0 Å². The van der Waals surface area contributed by atoms with Gasteiger partial charge in [-0.15, -0.1) is 0 Å². The van der Waals surface area contributed by atoms with Gasteiger partial charge in [0, 0.05) is 6.54 Å². The first-order valence-corrected chi connectivity index (χ1v) is 9.49. The Kier molecular flexibility index (Phi) is 5.50. The molecule has 1 fully saturated rings. The first-order valence-electron chi connectivity index (χ1n) is 8.01. The van der Waals surface area contributed by atoms with Gasteiger partial charge < -0.3 is 4.74 Å². The van der Waals surface area contributed by atoms with Crippen molar-refractivity contribution in [2.45, 2.75) is 57.8 Å². The summed E-state index contributed by atoms with van der Waals surface area (Å²) in [5, 5.41) is 0. The Hall–Kier alpha value is -1.07. The maximum absolute atomic E-state index is 12.7. The third-order valence-electron chi connectivity index (χ3n) is 4.75. The fourth-order valence-electron chi connectivity index (χ4n) is 3.34. The number of rotatable bonds is 5. The van der Waals surface area contributed by atoms with Crippen LogP contribution in [0, 0.1) is 26.7 Å². The van der Waals surface area contributed by atoms with Gasteiger partial charge in [-0.05, 0) is 62.3 Å². The Morgan fingerprint density at radius 1 is 1.14 bits per heavy atom. The lowest BCUT2D eigenvalue weighted by molar-refractivity contribution is 0.357. The lowest BCUT2D eigenvalue weighted by atomic mass is 9.90. The number of hydrogen-bond donors (Lipinski definition) is 1. The second-order valence-electron chi connectivity index (χ2n) is 6.33. The second kappa shape index (κ2) is 7.01. The molecule has 0 spiro atoms. The maximum Gasteiger partial charge on any atom is 0.241 e. The molecule has 1 saturated carbocycles. The van der Waals surface area contributed by atoms with E-state index in [9.17, 15) is 8.42 Å². The molecule has 1 aliphatic carbocycles. The summed E-state index contributed by atoms with van der Waals surface area (Å²) in [7, 11) is -1.87. The highest BCUT2D eigenvalue weighted by atomic mass is 32.2. The highest BCUT2D eigenvalue weighted by molar-refractivity contribution is 7.89. The molecule has 0 atom stereocenters. The van der Waals surface area contributed by atoms with E-state index in [2.05, 4.69) is 4.72 Å². The van der Waals surface area contributed by atoms with E-state index in [1.807, 2.05) is 20.8 Å². The van der Waals surface area contributed by atoms with Crippen LogP contribution in [0.2, 0.25) is 0 Å². The fraction of sp³-hybridized carbons (Fsp3) is 0.647. The Morgan fingerprint density at radius 3 is 2.36 bits per heavy atom. The Bertz CT molecular complexity index is 632. The molecule has 4 nitrogen and oxygen atoms in total. The molecular weight excluding hydrogens is 298 g/mol. The van der Waals surface area contributed by atoms with Crippen LogP contribution in [0.25, 0.3) is 0 Å². The number of sulfonamides is 1. The van der Waals surface area contributed by atoms with Crippen molar-refractivity contribution in [3.05, 3.63) is 22.8 Å². The molecule has 0 heterocycles. The normalized spacial score (nSPS) is 16.7. The first kappa shape index (κ1) is 17.3. The van der Waals surface area contributed by atoms with E-state index < -0.39 is 10.0 Å². The predicted octanol–water partition coefficient (Wildman–Crippen LogP) is 3.48. The molecule has 0 bridgehead atoms. The van der Waals surface area contributed by atoms with Crippen LogP contribution >= 0.6 is 0 Å². The summed E-state index contributed by atoms with van der Waals surface area (Å²) in [6, 6.07) is 1.80. The van der Waals surface area contributed by atoms with E-state index in [1.54, 1.807) is 13.2 Å². The van der Waals surface area contributed by atoms with Gasteiger partial charge in [0.15, 0.2) is 0 Å². The van der Waals surface area contributed by atoms with Crippen molar-refractivity contribution in [2.24, 2.45) is 5.92 Å². The predicted molar refractivity (Wildman–Crippen MR) is 89.0 cm³/mol. The maximum atomic E-state index is 12.7. The standard InChI is InChI=1S/C17H27NO3S/c1-12-10-16(21-4)13(2)14(3)17(12)22(19,20)18-11-15-8-6-5-7-9-15/h10,15,18H,5-9,11H2,1-4H3. The van der Waals surface area contributed by atoms with Crippen molar-refractivity contribution in [3.8, 4) is 5.75 Å². The number of nitrogens with one attached hydrogen (secondary N) is 1. The topological polar surface area (TPSA) is 55.4 Å². The van der Waals surface area contributed by atoms with Gasteiger partial charge in [-0.2, -0.15) is 0 Å². The van der Waals surface area contributed by atoms with Gasteiger partial charge in [0.2, 0.25) is 10.0 Å². The monoisotopic (exact) mass is 325 g/mol. The SMILES string of the molecule is COc1cc(C)c(S(=O)(=O)NCC2CCCCC2)c(C)c1C. The largest absolute Gasteiger partial charge is 0.496 e. The highest BCUT2D eigenvalue weighted by Crippen LogP contribution is 2.31. The van der Waals surface area contributed by atoms with Gasteiger partial charge in [0.25, 0.3) is 0 Å². The summed E-state index contributed by atoms with van der Waals surface area (Å²) in [5.41, 5.74) is 2.38. The third-order valence-corrected chi connectivity index (χ3v) is 6.47. The van der Waals surface area contributed by atoms with Gasteiger partial charge in [-0.25, -0.2) is 13.1 Å². The lowest BCUT2D eigenvalue weighted by Gasteiger charge is -2.22. The molecule has 1 N–H and O–H groups in total. The molecule has 0 aliphatic heterocycles. The minimum atomic E-state index is -3.47. The zero-order chi connectivity index (χ0) is 16.3. The Labute approximate surface area is 134 Å². The molecule has 0 aromatic heterocycles. The number of ether oxygens (including phenoxy) is 1. The second-order valence-corrected chi connectivity index (χ2v) is 8.03. The van der Waals surface area contributed by atoms with Crippen LogP contribution in [-0.4, -0.2) is 22.1 Å². The van der Waals surface area contributed by atoms with Crippen LogP contribution in [0.5, 0.6) is 5.75 Å². The quantitative estimate of drug-likeness (QED) is 0.902. The van der Waals surface area contributed by atoms with E-state index in [4.69, 9.17) is 4.74 Å². The molecule has 1 aromatic rings. The number of benzene rings is 1. The van der Waals surface area contributed by atoms with E-state index in [1.165, 1.54) is 19.3 Å². The van der Waals surface area contributed by atoms with Gasteiger partial charge in [0.05, 0.1) is 12.0 Å². The molecule has 0 amide bonds. The van der Waals surface area contributed by atoms with Gasteiger partial charge in [0.1, 0.15) is 5.75 Å². The number of hydrogen-bond acceptors (Lipinski definition) is 3. The molecule has 2 rings (SSSR count). The number of aryl methyl sites for hydroxylation is 1. The summed E-state index contributed by atoms with van der Waals surface area (Å²) in [6.45, 7) is 6.12. The van der Waals surface area contributed by atoms with Crippen LogP contribution in [0.3, 0.4) is 0 Å². The lowest BCUT2D eigenvalue weighted by Crippen LogP contribution is -2.31. The number of methoxy groups -OCH3 is 1. The van der Waals surface area contributed by atoms with Gasteiger partial charge in [-0.3, -0.25) is 0 Å². The zero-order valence-electron chi connectivity index (χ0n) is 14.0. The molecule has 0 radical (unpaired) electrons. The van der Waals surface area contributed by atoms with E-state index in [-0.39, 0.29) is 0 Å². The van der Waals surface area contributed by atoms with Crippen LogP contribution in [0.4, 0.5) is 0 Å². The molecule has 124 valence electrons. The summed E-state index contributed by atoms with van der Waals surface area (Å²) in [6.07, 6.45) is 5.96. The minimum absolute atomic E-state index is 0.404. The Morgan fingerprint density at radius 2 is 1.77 bits per heavy atom. The highest BCUT2D eigenvalue weighted by Gasteiger charge is 2.24. The third kappa shape index (κ3) is 3.63. The van der Waals surface area contributed by atoms with Crippen molar-refractivity contribution in [1.29, 1.82) is 0 Å². The van der Waals surface area contributed by atoms with Crippen molar-refractivity contribution in [3.63, 3.8) is 0 Å². The van der Waals surface area contributed by atoms with E-state index >= 15 is 0 Å².